The molecule has 8 nitrogen and oxygen atoms in total. The standard InChI is InChI=1S/C29H50N4O4/c1-29(2,3)32-28(37)24-14-19-11-7-8-12-20(19)16-33(24)17-25(34)23(13-18-9-5-4-6-10-18)31-27(36)22-15-21(22)26(30)35/h18-25,34H,4-17H2,1-3H3,(H2,30,35)(H,31,36)(H,32,37)/t19-,20+,21?,22?,23-,24-,25+/m0/s1. The van der Waals surface area contributed by atoms with Gasteiger partial charge in [0, 0.05) is 18.6 Å². The molecule has 4 aliphatic rings. The van der Waals surface area contributed by atoms with Crippen molar-refractivity contribution in [3.8, 4) is 0 Å². The number of fused-ring (bicyclic) bond motifs is 1. The molecule has 0 aromatic carbocycles. The third-order valence-electron chi connectivity index (χ3n) is 9.32. The average molecular weight is 519 g/mol. The van der Waals surface area contributed by atoms with Gasteiger partial charge in [0.05, 0.1) is 30.0 Å². The van der Waals surface area contributed by atoms with Crippen molar-refractivity contribution in [2.75, 3.05) is 13.1 Å². The van der Waals surface area contributed by atoms with E-state index in [1.54, 1.807) is 0 Å². The number of rotatable bonds is 9. The summed E-state index contributed by atoms with van der Waals surface area (Å²) >= 11 is 0. The number of nitrogens with zero attached hydrogens (tertiary/aromatic N) is 1. The number of primary amides is 1. The van der Waals surface area contributed by atoms with E-state index in [4.69, 9.17) is 5.73 Å². The minimum absolute atomic E-state index is 0.0406. The van der Waals surface area contributed by atoms with Gasteiger partial charge in [-0.05, 0) is 64.2 Å². The van der Waals surface area contributed by atoms with Crippen LogP contribution in [0.3, 0.4) is 0 Å². The first-order valence-corrected chi connectivity index (χ1v) is 14.9. The van der Waals surface area contributed by atoms with Crippen molar-refractivity contribution in [1.29, 1.82) is 0 Å². The normalized spacial score (nSPS) is 32.6. The second-order valence-electron chi connectivity index (χ2n) is 13.5. The molecule has 8 heteroatoms. The van der Waals surface area contributed by atoms with Crippen LogP contribution in [0, 0.1) is 29.6 Å². The van der Waals surface area contributed by atoms with Gasteiger partial charge in [0.15, 0.2) is 0 Å². The number of aliphatic hydroxyl groups is 1. The Morgan fingerprint density at radius 1 is 0.919 bits per heavy atom. The van der Waals surface area contributed by atoms with E-state index in [1.165, 1.54) is 44.9 Å². The predicted molar refractivity (Wildman–Crippen MR) is 143 cm³/mol. The maximum absolute atomic E-state index is 13.4. The fourth-order valence-corrected chi connectivity index (χ4v) is 7.18. The molecule has 4 fully saturated rings. The molecule has 3 saturated carbocycles. The van der Waals surface area contributed by atoms with E-state index in [2.05, 4.69) is 15.5 Å². The molecule has 0 aromatic rings. The van der Waals surface area contributed by atoms with Gasteiger partial charge in [-0.25, -0.2) is 0 Å². The number of carbonyl (C=O) groups excluding carboxylic acids is 3. The van der Waals surface area contributed by atoms with Crippen molar-refractivity contribution in [3.05, 3.63) is 0 Å². The van der Waals surface area contributed by atoms with Crippen LogP contribution in [0.2, 0.25) is 0 Å². The highest BCUT2D eigenvalue weighted by Crippen LogP contribution is 2.40. The van der Waals surface area contributed by atoms with Gasteiger partial charge in [-0.1, -0.05) is 51.4 Å². The molecule has 0 bridgehead atoms. The summed E-state index contributed by atoms with van der Waals surface area (Å²) in [5, 5.41) is 17.9. The van der Waals surface area contributed by atoms with E-state index in [-0.39, 0.29) is 41.3 Å². The second kappa shape index (κ2) is 12.0. The maximum Gasteiger partial charge on any atom is 0.237 e. The zero-order valence-electron chi connectivity index (χ0n) is 23.2. The van der Waals surface area contributed by atoms with E-state index in [9.17, 15) is 19.5 Å². The van der Waals surface area contributed by atoms with Gasteiger partial charge in [0.2, 0.25) is 17.7 Å². The van der Waals surface area contributed by atoms with Gasteiger partial charge in [-0.2, -0.15) is 0 Å². The quantitative estimate of drug-likeness (QED) is 0.374. The lowest BCUT2D eigenvalue weighted by Crippen LogP contribution is -2.60. The molecular weight excluding hydrogens is 468 g/mol. The summed E-state index contributed by atoms with van der Waals surface area (Å²) in [6, 6.07) is -0.651. The minimum Gasteiger partial charge on any atom is -0.390 e. The Kier molecular flexibility index (Phi) is 9.21. The van der Waals surface area contributed by atoms with Crippen LogP contribution in [-0.2, 0) is 14.4 Å². The lowest BCUT2D eigenvalue weighted by Gasteiger charge is -2.47. The van der Waals surface area contributed by atoms with Crippen LogP contribution in [0.25, 0.3) is 0 Å². The molecule has 2 unspecified atom stereocenters. The van der Waals surface area contributed by atoms with Crippen molar-refractivity contribution in [2.45, 2.75) is 122 Å². The van der Waals surface area contributed by atoms with Gasteiger partial charge in [0.1, 0.15) is 0 Å². The molecule has 37 heavy (non-hydrogen) atoms. The van der Waals surface area contributed by atoms with Gasteiger partial charge in [-0.15, -0.1) is 0 Å². The summed E-state index contributed by atoms with van der Waals surface area (Å²) in [4.78, 5) is 40.1. The fraction of sp³-hybridized carbons (Fsp3) is 0.897. The summed E-state index contributed by atoms with van der Waals surface area (Å²) in [5.41, 5.74) is 5.10. The van der Waals surface area contributed by atoms with Gasteiger partial charge >= 0.3 is 0 Å². The zero-order chi connectivity index (χ0) is 26.7. The molecule has 3 amide bonds. The van der Waals surface area contributed by atoms with Crippen LogP contribution in [0.15, 0.2) is 0 Å². The first-order valence-electron chi connectivity index (χ1n) is 14.9. The summed E-state index contributed by atoms with van der Waals surface area (Å²) < 4.78 is 0. The van der Waals surface area contributed by atoms with Crippen molar-refractivity contribution in [2.24, 2.45) is 35.3 Å². The third kappa shape index (κ3) is 7.69. The van der Waals surface area contributed by atoms with Crippen LogP contribution in [0.1, 0.15) is 97.8 Å². The number of likely N-dealkylation sites (tertiary alicyclic amines) is 1. The molecule has 4 rings (SSSR count). The summed E-state index contributed by atoms with van der Waals surface area (Å²) in [6.45, 7) is 7.20. The van der Waals surface area contributed by atoms with E-state index in [1.807, 2.05) is 20.8 Å². The number of aliphatic hydroxyl groups excluding tert-OH is 1. The molecule has 1 aliphatic heterocycles. The summed E-state index contributed by atoms with van der Waals surface area (Å²) in [5.74, 6) is 0.294. The molecule has 210 valence electrons. The van der Waals surface area contributed by atoms with Crippen LogP contribution in [-0.4, -0.2) is 64.5 Å². The first kappa shape index (κ1) is 28.3. The fourth-order valence-electron chi connectivity index (χ4n) is 7.18. The monoisotopic (exact) mass is 518 g/mol. The lowest BCUT2D eigenvalue weighted by molar-refractivity contribution is -0.133. The smallest absolute Gasteiger partial charge is 0.237 e. The Labute approximate surface area is 222 Å². The molecule has 0 aromatic heterocycles. The topological polar surface area (TPSA) is 125 Å². The Bertz CT molecular complexity index is 821. The molecule has 1 saturated heterocycles. The number of nitrogens with two attached hydrogens (primary N) is 1. The van der Waals surface area contributed by atoms with Crippen molar-refractivity contribution in [3.63, 3.8) is 0 Å². The van der Waals surface area contributed by atoms with Gasteiger partial charge in [0.25, 0.3) is 0 Å². The Hall–Kier alpha value is -1.67. The summed E-state index contributed by atoms with van der Waals surface area (Å²) in [6.07, 6.45) is 12.0. The predicted octanol–water partition coefficient (Wildman–Crippen LogP) is 2.72. The molecule has 5 N–H and O–H groups in total. The second-order valence-corrected chi connectivity index (χ2v) is 13.5. The van der Waals surface area contributed by atoms with Crippen molar-refractivity contribution >= 4 is 17.7 Å². The first-order chi connectivity index (χ1) is 17.5. The van der Waals surface area contributed by atoms with E-state index in [0.29, 0.717) is 30.7 Å². The molecule has 1 heterocycles. The van der Waals surface area contributed by atoms with Crippen LogP contribution < -0.4 is 16.4 Å². The Morgan fingerprint density at radius 2 is 1.57 bits per heavy atom. The highest BCUT2D eigenvalue weighted by Gasteiger charge is 2.48. The van der Waals surface area contributed by atoms with Crippen molar-refractivity contribution in [1.82, 2.24) is 15.5 Å². The van der Waals surface area contributed by atoms with E-state index < -0.39 is 12.0 Å². The lowest BCUT2D eigenvalue weighted by atomic mass is 9.72. The Morgan fingerprint density at radius 3 is 2.19 bits per heavy atom. The van der Waals surface area contributed by atoms with Crippen LogP contribution >= 0.6 is 0 Å². The minimum atomic E-state index is -0.776. The highest BCUT2D eigenvalue weighted by molar-refractivity contribution is 5.91. The number of carbonyl (C=O) groups is 3. The number of hydrogen-bond acceptors (Lipinski definition) is 5. The molecular formula is C29H50N4O4. The number of nitrogens with one attached hydrogen (secondary N) is 2. The highest BCUT2D eigenvalue weighted by atomic mass is 16.3. The van der Waals surface area contributed by atoms with E-state index >= 15 is 0 Å². The number of hydrogen-bond donors (Lipinski definition) is 4. The Balaban J connectivity index is 1.46. The van der Waals surface area contributed by atoms with Crippen molar-refractivity contribution < 1.29 is 19.5 Å². The molecule has 0 spiro atoms. The SMILES string of the molecule is CC(C)(C)NC(=O)[C@@H]1C[C@@H]2CCCC[C@@H]2CN1C[C@@H](O)[C@H](CC1CCCCC1)NC(=O)C1CC1C(N)=O. The average Bonchev–Trinajstić information content (AvgIpc) is 3.64. The summed E-state index contributed by atoms with van der Waals surface area (Å²) in [7, 11) is 0. The largest absolute Gasteiger partial charge is 0.390 e. The van der Waals surface area contributed by atoms with Crippen LogP contribution in [0.5, 0.6) is 0 Å². The third-order valence-corrected chi connectivity index (χ3v) is 9.32. The zero-order valence-corrected chi connectivity index (χ0v) is 23.2. The maximum atomic E-state index is 13.4. The molecule has 3 aliphatic carbocycles. The molecule has 0 radical (unpaired) electrons. The number of amides is 3. The van der Waals surface area contributed by atoms with Gasteiger partial charge < -0.3 is 21.5 Å². The van der Waals surface area contributed by atoms with Gasteiger partial charge in [-0.3, -0.25) is 19.3 Å². The van der Waals surface area contributed by atoms with Crippen LogP contribution in [0.4, 0.5) is 0 Å². The van der Waals surface area contributed by atoms with E-state index in [0.717, 1.165) is 32.2 Å². The molecule has 7 atom stereocenters. The number of β-amino-alcohol motifs (C(OH)–C–C–N with tert-alkyl or cyclic N) is 1. The number of piperidine rings is 1.